The summed E-state index contributed by atoms with van der Waals surface area (Å²) in [5.74, 6) is 0.818. The number of nitrogens with one attached hydrogen (secondary N) is 1. The van der Waals surface area contributed by atoms with Crippen LogP contribution >= 0.6 is 0 Å². The van der Waals surface area contributed by atoms with Crippen molar-refractivity contribution < 1.29 is 0 Å². The van der Waals surface area contributed by atoms with Gasteiger partial charge in [-0.1, -0.05) is 33.1 Å². The minimum Gasteiger partial charge on any atom is -0.315 e. The quantitative estimate of drug-likeness (QED) is 0.760. The lowest BCUT2D eigenvalue weighted by molar-refractivity contribution is 0.112. The van der Waals surface area contributed by atoms with E-state index in [9.17, 15) is 0 Å². The van der Waals surface area contributed by atoms with Crippen LogP contribution in [0.2, 0.25) is 0 Å². The van der Waals surface area contributed by atoms with Crippen molar-refractivity contribution in [1.82, 2.24) is 10.2 Å². The first-order valence-corrected chi connectivity index (χ1v) is 7.67. The average Bonchev–Trinajstić information content (AvgIpc) is 2.68. The van der Waals surface area contributed by atoms with Gasteiger partial charge in [-0.05, 0) is 45.2 Å². The summed E-state index contributed by atoms with van der Waals surface area (Å²) in [7, 11) is 2.16. The lowest BCUT2D eigenvalue weighted by Gasteiger charge is -2.39. The Morgan fingerprint density at radius 3 is 2.47 bits per heavy atom. The molecule has 2 nitrogen and oxygen atoms in total. The molecule has 0 bridgehead atoms. The van der Waals surface area contributed by atoms with Crippen LogP contribution in [0.4, 0.5) is 0 Å². The highest BCUT2D eigenvalue weighted by Crippen LogP contribution is 2.31. The van der Waals surface area contributed by atoms with Crippen molar-refractivity contribution in [1.29, 1.82) is 0 Å². The van der Waals surface area contributed by atoms with Crippen LogP contribution in [0.3, 0.4) is 0 Å². The Kier molecular flexibility index (Phi) is 4.87. The molecule has 100 valence electrons. The maximum atomic E-state index is 3.59. The van der Waals surface area contributed by atoms with Crippen LogP contribution in [0.5, 0.6) is 0 Å². The zero-order valence-electron chi connectivity index (χ0n) is 11.9. The number of nitrogens with zero attached hydrogens (tertiary/aromatic N) is 1. The Bertz CT molecular complexity index is 227. The van der Waals surface area contributed by atoms with Gasteiger partial charge in [0.05, 0.1) is 0 Å². The predicted octanol–water partition coefficient (Wildman–Crippen LogP) is 3.03. The second-order valence-electron chi connectivity index (χ2n) is 6.29. The molecule has 2 fully saturated rings. The van der Waals surface area contributed by atoms with Crippen molar-refractivity contribution in [3.63, 3.8) is 0 Å². The normalized spacial score (nSPS) is 36.4. The van der Waals surface area contributed by atoms with E-state index in [1.54, 1.807) is 0 Å². The Labute approximate surface area is 107 Å². The van der Waals surface area contributed by atoms with E-state index in [1.165, 1.54) is 51.5 Å². The van der Waals surface area contributed by atoms with Gasteiger partial charge in [-0.3, -0.25) is 4.90 Å². The molecule has 1 saturated heterocycles. The van der Waals surface area contributed by atoms with Gasteiger partial charge in [0.1, 0.15) is 0 Å². The second-order valence-corrected chi connectivity index (χ2v) is 6.29. The molecule has 0 spiro atoms. The summed E-state index contributed by atoms with van der Waals surface area (Å²) in [5, 5.41) is 3.59. The topological polar surface area (TPSA) is 15.3 Å². The summed E-state index contributed by atoms with van der Waals surface area (Å²) >= 11 is 0. The fraction of sp³-hybridized carbons (Fsp3) is 1.00. The van der Waals surface area contributed by atoms with Gasteiger partial charge < -0.3 is 5.32 Å². The third-order valence-corrected chi connectivity index (χ3v) is 4.89. The largest absolute Gasteiger partial charge is 0.315 e. The molecular weight excluding hydrogens is 208 g/mol. The molecule has 17 heavy (non-hydrogen) atoms. The molecular formula is C15H30N2. The van der Waals surface area contributed by atoms with Crippen molar-refractivity contribution in [3.05, 3.63) is 0 Å². The van der Waals surface area contributed by atoms with Gasteiger partial charge in [0.25, 0.3) is 0 Å². The van der Waals surface area contributed by atoms with Crippen molar-refractivity contribution >= 4 is 0 Å². The minimum atomic E-state index is 0.733. The van der Waals surface area contributed by atoms with Gasteiger partial charge in [-0.2, -0.15) is 0 Å². The Morgan fingerprint density at radius 2 is 1.76 bits per heavy atom. The summed E-state index contributed by atoms with van der Waals surface area (Å²) in [5.41, 5.74) is 0. The van der Waals surface area contributed by atoms with E-state index in [1.807, 2.05) is 0 Å². The van der Waals surface area contributed by atoms with Crippen LogP contribution in [-0.2, 0) is 0 Å². The van der Waals surface area contributed by atoms with Crippen LogP contribution in [0.15, 0.2) is 0 Å². The minimum absolute atomic E-state index is 0.733. The highest BCUT2D eigenvalue weighted by Gasteiger charge is 2.36. The molecule has 2 aliphatic rings. The summed E-state index contributed by atoms with van der Waals surface area (Å²) in [4.78, 5) is 2.84. The van der Waals surface area contributed by atoms with E-state index in [4.69, 9.17) is 0 Å². The molecule has 1 aliphatic carbocycles. The van der Waals surface area contributed by atoms with E-state index in [-0.39, 0.29) is 0 Å². The van der Waals surface area contributed by atoms with E-state index in [0.29, 0.717) is 0 Å². The summed E-state index contributed by atoms with van der Waals surface area (Å²) in [6.07, 6.45) is 9.92. The second kappa shape index (κ2) is 6.19. The molecule has 0 amide bonds. The zero-order valence-corrected chi connectivity index (χ0v) is 11.9. The molecule has 1 N–H and O–H groups in total. The van der Waals surface area contributed by atoms with Crippen LogP contribution in [0, 0.1) is 5.92 Å². The van der Waals surface area contributed by atoms with Crippen molar-refractivity contribution in [3.8, 4) is 0 Å². The third-order valence-electron chi connectivity index (χ3n) is 4.89. The molecule has 2 heteroatoms. The average molecular weight is 238 g/mol. The highest BCUT2D eigenvalue weighted by atomic mass is 15.2. The van der Waals surface area contributed by atoms with E-state index in [2.05, 4.69) is 31.1 Å². The number of likely N-dealkylation sites (tertiary alicyclic amines) is 1. The lowest BCUT2D eigenvalue weighted by atomic mass is 9.96. The fourth-order valence-corrected chi connectivity index (χ4v) is 3.96. The zero-order chi connectivity index (χ0) is 12.3. The molecule has 0 aromatic rings. The van der Waals surface area contributed by atoms with Gasteiger partial charge in [-0.15, -0.1) is 0 Å². The Hall–Kier alpha value is -0.0800. The highest BCUT2D eigenvalue weighted by molar-refractivity contribution is 4.93. The first kappa shape index (κ1) is 13.4. The molecule has 0 aromatic carbocycles. The molecule has 3 atom stereocenters. The number of likely N-dealkylation sites (N-methyl/N-ethyl adjacent to an activating group) is 1. The van der Waals surface area contributed by atoms with Crippen molar-refractivity contribution in [2.75, 3.05) is 13.6 Å². The first-order valence-electron chi connectivity index (χ1n) is 7.67. The molecule has 3 unspecified atom stereocenters. The van der Waals surface area contributed by atoms with Gasteiger partial charge >= 0.3 is 0 Å². The van der Waals surface area contributed by atoms with Crippen LogP contribution in [-0.4, -0.2) is 36.6 Å². The van der Waals surface area contributed by atoms with Crippen molar-refractivity contribution in [2.24, 2.45) is 5.92 Å². The molecule has 0 aromatic heterocycles. The van der Waals surface area contributed by atoms with Gasteiger partial charge in [0.2, 0.25) is 0 Å². The van der Waals surface area contributed by atoms with Gasteiger partial charge in [-0.25, -0.2) is 0 Å². The Balaban J connectivity index is 2.06. The lowest BCUT2D eigenvalue weighted by Crippen LogP contribution is -2.51. The molecule has 0 radical (unpaired) electrons. The third kappa shape index (κ3) is 3.03. The molecule has 2 rings (SSSR count). The summed E-state index contributed by atoms with van der Waals surface area (Å²) < 4.78 is 0. The van der Waals surface area contributed by atoms with E-state index >= 15 is 0 Å². The van der Waals surface area contributed by atoms with Crippen LogP contribution in [0.1, 0.15) is 58.8 Å². The number of hydrogen-bond donors (Lipinski definition) is 1. The predicted molar refractivity (Wildman–Crippen MR) is 74.3 cm³/mol. The first-order chi connectivity index (χ1) is 8.24. The SMILES string of the molecule is CNC1CCCCCC1N1CCCC1C(C)C. The van der Waals surface area contributed by atoms with Gasteiger partial charge in [0, 0.05) is 18.1 Å². The van der Waals surface area contributed by atoms with Crippen molar-refractivity contribution in [2.45, 2.75) is 76.9 Å². The summed E-state index contributed by atoms with van der Waals surface area (Å²) in [6.45, 7) is 6.13. The molecule has 1 aliphatic heterocycles. The molecule has 1 heterocycles. The Morgan fingerprint density at radius 1 is 1.00 bits per heavy atom. The monoisotopic (exact) mass is 238 g/mol. The van der Waals surface area contributed by atoms with Gasteiger partial charge in [0.15, 0.2) is 0 Å². The van der Waals surface area contributed by atoms with Crippen LogP contribution < -0.4 is 5.32 Å². The maximum Gasteiger partial charge on any atom is 0.0252 e. The maximum absolute atomic E-state index is 3.59. The van der Waals surface area contributed by atoms with E-state index in [0.717, 1.165) is 24.0 Å². The van der Waals surface area contributed by atoms with Crippen LogP contribution in [0.25, 0.3) is 0 Å². The number of rotatable bonds is 3. The van der Waals surface area contributed by atoms with E-state index < -0.39 is 0 Å². The standard InChI is InChI=1S/C15H30N2/c1-12(2)14-10-7-11-17(14)15-9-6-4-5-8-13(15)16-3/h12-16H,4-11H2,1-3H3. The smallest absolute Gasteiger partial charge is 0.0252 e. The summed E-state index contributed by atoms with van der Waals surface area (Å²) in [6, 6.07) is 2.38. The fourth-order valence-electron chi connectivity index (χ4n) is 3.96. The molecule has 1 saturated carbocycles. The number of hydrogen-bond acceptors (Lipinski definition) is 2.